The van der Waals surface area contributed by atoms with Crippen LogP contribution in [0.5, 0.6) is 0 Å². The monoisotopic (exact) mass is 467 g/mol. The molecule has 2 amide bonds. The van der Waals surface area contributed by atoms with Gasteiger partial charge in [0.1, 0.15) is 23.6 Å². The number of nitrogen functional groups attached to an aromatic ring is 1. The second-order valence-corrected chi connectivity index (χ2v) is 8.44. The Kier molecular flexibility index (Phi) is 5.97. The molecule has 0 saturated heterocycles. The van der Waals surface area contributed by atoms with E-state index in [9.17, 15) is 9.59 Å². The Morgan fingerprint density at radius 1 is 1.11 bits per heavy atom. The van der Waals surface area contributed by atoms with Crippen LogP contribution in [0.15, 0.2) is 67.6 Å². The average molecular weight is 468 g/mol. The highest BCUT2D eigenvalue weighted by atomic mass is 16.2. The van der Waals surface area contributed by atoms with Gasteiger partial charge in [0.05, 0.1) is 5.39 Å². The lowest BCUT2D eigenvalue weighted by Gasteiger charge is -2.17. The Morgan fingerprint density at radius 2 is 1.94 bits per heavy atom. The van der Waals surface area contributed by atoms with Crippen LogP contribution in [-0.4, -0.2) is 37.4 Å². The van der Waals surface area contributed by atoms with E-state index in [0.717, 1.165) is 47.1 Å². The molecule has 4 heterocycles. The molecule has 35 heavy (non-hydrogen) atoms. The van der Waals surface area contributed by atoms with Crippen LogP contribution in [0.3, 0.4) is 0 Å². The van der Waals surface area contributed by atoms with Gasteiger partial charge < -0.3 is 20.9 Å². The predicted octanol–water partition coefficient (Wildman–Crippen LogP) is 3.33. The van der Waals surface area contributed by atoms with Gasteiger partial charge >= 0.3 is 0 Å². The number of amides is 2. The minimum atomic E-state index is -0.237. The van der Waals surface area contributed by atoms with Crippen molar-refractivity contribution in [1.82, 2.24) is 24.8 Å². The summed E-state index contributed by atoms with van der Waals surface area (Å²) in [5, 5.41) is 6.60. The molecule has 1 aliphatic rings. The van der Waals surface area contributed by atoms with Crippen LogP contribution in [0.25, 0.3) is 22.2 Å². The molecule has 0 aliphatic carbocycles. The van der Waals surface area contributed by atoms with Gasteiger partial charge in [0.25, 0.3) is 5.91 Å². The molecule has 0 unspecified atom stereocenters. The molecular weight excluding hydrogens is 442 g/mol. The summed E-state index contributed by atoms with van der Waals surface area (Å²) in [6.07, 6.45) is 6.91. The van der Waals surface area contributed by atoms with Crippen molar-refractivity contribution in [3.05, 3.63) is 78.9 Å². The number of aromatic nitrogens is 4. The number of anilines is 2. The Balaban J connectivity index is 1.52. The number of hydrogen-bond acceptors (Lipinski definition) is 6. The highest BCUT2D eigenvalue weighted by molar-refractivity contribution is 6.05. The largest absolute Gasteiger partial charge is 0.383 e. The van der Waals surface area contributed by atoms with Gasteiger partial charge in [-0.2, -0.15) is 0 Å². The Hall–Kier alpha value is -4.53. The fourth-order valence-corrected chi connectivity index (χ4v) is 4.63. The maximum absolute atomic E-state index is 12.7. The first kappa shape index (κ1) is 22.3. The first-order valence-electron chi connectivity index (χ1n) is 11.4. The van der Waals surface area contributed by atoms with Gasteiger partial charge in [-0.05, 0) is 55.2 Å². The second-order valence-electron chi connectivity index (χ2n) is 8.44. The van der Waals surface area contributed by atoms with E-state index in [-0.39, 0.29) is 17.9 Å². The Labute approximate surface area is 202 Å². The lowest BCUT2D eigenvalue weighted by atomic mass is 9.98. The molecule has 9 nitrogen and oxygen atoms in total. The van der Waals surface area contributed by atoms with Crippen LogP contribution in [0.4, 0.5) is 11.6 Å². The summed E-state index contributed by atoms with van der Waals surface area (Å²) in [5.41, 5.74) is 10.6. The standard InChI is InChI=1S/C26H25N7O2/c1-2-21(34)31-18-6-5-7-19-22(23-24(27)29-15-30-25(23)33(19)14-18)16-9-11-17(12-10-16)26(35)32-20-8-3-4-13-28-20/h2-4,8-13,15,18H,1,5-7,14H2,(H,31,34)(H2,27,29,30)(H,28,32,35)/t18-/m1/s1. The van der Waals surface area contributed by atoms with Crippen LogP contribution in [-0.2, 0) is 17.8 Å². The first-order chi connectivity index (χ1) is 17.0. The molecule has 0 bridgehead atoms. The van der Waals surface area contributed by atoms with Crippen LogP contribution in [0, 0.1) is 0 Å². The summed E-state index contributed by atoms with van der Waals surface area (Å²) in [4.78, 5) is 37.5. The summed E-state index contributed by atoms with van der Waals surface area (Å²) in [7, 11) is 0. The maximum atomic E-state index is 12.7. The number of carbonyl (C=O) groups excluding carboxylic acids is 2. The number of pyridine rings is 1. The van der Waals surface area contributed by atoms with E-state index in [0.29, 0.717) is 23.7 Å². The number of rotatable bonds is 5. The number of fused-ring (bicyclic) bond motifs is 3. The molecule has 1 aromatic carbocycles. The van der Waals surface area contributed by atoms with Gasteiger partial charge in [0.2, 0.25) is 5.91 Å². The molecule has 4 aromatic rings. The summed E-state index contributed by atoms with van der Waals surface area (Å²) in [6, 6.07) is 12.7. The number of nitrogens with two attached hydrogens (primary N) is 1. The minimum Gasteiger partial charge on any atom is -0.383 e. The van der Waals surface area contributed by atoms with E-state index in [1.807, 2.05) is 18.2 Å². The van der Waals surface area contributed by atoms with E-state index in [1.165, 1.54) is 12.4 Å². The zero-order chi connectivity index (χ0) is 24.4. The number of carbonyl (C=O) groups is 2. The quantitative estimate of drug-likeness (QED) is 0.386. The van der Waals surface area contributed by atoms with E-state index >= 15 is 0 Å². The molecule has 176 valence electrons. The topological polar surface area (TPSA) is 128 Å². The molecule has 3 aromatic heterocycles. The highest BCUT2D eigenvalue weighted by Crippen LogP contribution is 2.39. The lowest BCUT2D eigenvalue weighted by molar-refractivity contribution is -0.117. The summed E-state index contributed by atoms with van der Waals surface area (Å²) in [5.74, 6) is 0.464. The van der Waals surface area contributed by atoms with Crippen molar-refractivity contribution >= 4 is 34.5 Å². The summed E-state index contributed by atoms with van der Waals surface area (Å²) >= 11 is 0. The van der Waals surface area contributed by atoms with E-state index < -0.39 is 0 Å². The molecule has 0 radical (unpaired) electrons. The van der Waals surface area contributed by atoms with Crippen LogP contribution < -0.4 is 16.4 Å². The van der Waals surface area contributed by atoms with Gasteiger partial charge in [0, 0.05) is 35.6 Å². The number of nitrogens with zero attached hydrogens (tertiary/aromatic N) is 4. The molecule has 5 rings (SSSR count). The second kappa shape index (κ2) is 9.38. The Bertz CT molecular complexity index is 1410. The van der Waals surface area contributed by atoms with Gasteiger partial charge in [-0.25, -0.2) is 15.0 Å². The molecule has 0 saturated carbocycles. The van der Waals surface area contributed by atoms with Crippen LogP contribution in [0.2, 0.25) is 0 Å². The zero-order valence-electron chi connectivity index (χ0n) is 19.1. The maximum Gasteiger partial charge on any atom is 0.256 e. The van der Waals surface area contributed by atoms with Gasteiger partial charge in [-0.1, -0.05) is 24.8 Å². The summed E-state index contributed by atoms with van der Waals surface area (Å²) < 4.78 is 2.13. The molecule has 1 aliphatic heterocycles. The molecule has 0 fully saturated rings. The predicted molar refractivity (Wildman–Crippen MR) is 135 cm³/mol. The van der Waals surface area contributed by atoms with Crippen molar-refractivity contribution in [2.75, 3.05) is 11.1 Å². The van der Waals surface area contributed by atoms with Crippen molar-refractivity contribution in [2.24, 2.45) is 0 Å². The van der Waals surface area contributed by atoms with Crippen molar-refractivity contribution in [2.45, 2.75) is 31.8 Å². The lowest BCUT2D eigenvalue weighted by Crippen LogP contribution is -2.36. The fourth-order valence-electron chi connectivity index (χ4n) is 4.63. The molecule has 1 atom stereocenters. The van der Waals surface area contributed by atoms with Gasteiger partial charge in [-0.15, -0.1) is 0 Å². The SMILES string of the molecule is C=CC(=O)N[C@@H]1CCCc2c(-c3ccc(C(=O)Nc4ccccn4)cc3)c3c(N)ncnc3n2C1. The van der Waals surface area contributed by atoms with Crippen molar-refractivity contribution in [3.63, 3.8) is 0 Å². The third-order valence-corrected chi connectivity index (χ3v) is 6.22. The Morgan fingerprint density at radius 3 is 2.69 bits per heavy atom. The van der Waals surface area contributed by atoms with Crippen molar-refractivity contribution < 1.29 is 9.59 Å². The van der Waals surface area contributed by atoms with Crippen molar-refractivity contribution in [3.8, 4) is 11.1 Å². The number of benzene rings is 1. The molecule has 4 N–H and O–H groups in total. The van der Waals surface area contributed by atoms with Crippen LogP contribution >= 0.6 is 0 Å². The minimum absolute atomic E-state index is 0.0425. The third kappa shape index (κ3) is 4.35. The first-order valence-corrected chi connectivity index (χ1v) is 11.4. The smallest absolute Gasteiger partial charge is 0.256 e. The number of hydrogen-bond donors (Lipinski definition) is 3. The van der Waals surface area contributed by atoms with Gasteiger partial charge in [-0.3, -0.25) is 9.59 Å². The molecule has 9 heteroatoms. The zero-order valence-corrected chi connectivity index (χ0v) is 19.1. The highest BCUT2D eigenvalue weighted by Gasteiger charge is 2.26. The van der Waals surface area contributed by atoms with E-state index in [2.05, 4.69) is 36.7 Å². The van der Waals surface area contributed by atoms with E-state index in [4.69, 9.17) is 5.73 Å². The number of nitrogens with one attached hydrogen (secondary N) is 2. The molecule has 0 spiro atoms. The van der Waals surface area contributed by atoms with E-state index in [1.54, 1.807) is 30.5 Å². The normalized spacial score (nSPS) is 15.1. The third-order valence-electron chi connectivity index (χ3n) is 6.22. The van der Waals surface area contributed by atoms with Gasteiger partial charge in [0.15, 0.2) is 0 Å². The van der Waals surface area contributed by atoms with Crippen LogP contribution in [0.1, 0.15) is 28.9 Å². The average Bonchev–Trinajstić information content (AvgIpc) is 3.04. The molecular formula is C26H25N7O2. The fraction of sp³-hybridized carbons (Fsp3) is 0.192. The van der Waals surface area contributed by atoms with Crippen molar-refractivity contribution in [1.29, 1.82) is 0 Å². The summed E-state index contributed by atoms with van der Waals surface area (Å²) in [6.45, 7) is 4.13.